The maximum atomic E-state index is 13.2. The summed E-state index contributed by atoms with van der Waals surface area (Å²) in [4.78, 5) is 17.9. The topological polar surface area (TPSA) is 39.3 Å². The van der Waals surface area contributed by atoms with Gasteiger partial charge < -0.3 is 0 Å². The number of hydrogen-bond donors (Lipinski definition) is 0. The number of rotatable bonds is 1. The molecule has 0 N–H and O–H groups in total. The van der Waals surface area contributed by atoms with Crippen LogP contribution in [-0.2, 0) is 0 Å². The molecule has 0 atom stereocenters. The molecule has 122 valence electrons. The van der Waals surface area contributed by atoms with Crippen molar-refractivity contribution in [3.05, 3.63) is 74.3 Å². The van der Waals surface area contributed by atoms with Gasteiger partial charge in [0, 0.05) is 10.0 Å². The van der Waals surface area contributed by atoms with E-state index in [0.717, 1.165) is 15.9 Å². The van der Waals surface area contributed by atoms with Crippen molar-refractivity contribution >= 4 is 61.3 Å². The molecular weight excluding hydrogens is 377 g/mol. The standard InChI is InChI=1S/C18H9Cl2N3OS/c19-10-1-4-12(5-2-10)22-15-7-8-25-16(15)17-21-14-9-11(20)3-6-13(14)18(24)23(17)22/h1-9H. The summed E-state index contributed by atoms with van der Waals surface area (Å²) in [7, 11) is 0. The van der Waals surface area contributed by atoms with E-state index in [1.54, 1.807) is 46.2 Å². The van der Waals surface area contributed by atoms with Gasteiger partial charge in [0.25, 0.3) is 5.56 Å². The summed E-state index contributed by atoms with van der Waals surface area (Å²) in [5, 5.41) is 3.73. The van der Waals surface area contributed by atoms with Crippen molar-refractivity contribution in [2.45, 2.75) is 0 Å². The monoisotopic (exact) mass is 385 g/mol. The lowest BCUT2D eigenvalue weighted by Gasteiger charge is -2.08. The molecule has 5 aromatic rings. The number of halogens is 2. The molecule has 25 heavy (non-hydrogen) atoms. The summed E-state index contributed by atoms with van der Waals surface area (Å²) in [6.45, 7) is 0. The van der Waals surface area contributed by atoms with Gasteiger partial charge in [0.15, 0.2) is 5.65 Å². The first-order valence-corrected chi connectivity index (χ1v) is 9.13. The van der Waals surface area contributed by atoms with E-state index in [4.69, 9.17) is 28.2 Å². The smallest absolute Gasteiger partial charge is 0.267 e. The third-order valence-corrected chi connectivity index (χ3v) is 5.54. The normalized spacial score (nSPS) is 11.8. The van der Waals surface area contributed by atoms with E-state index in [1.807, 2.05) is 28.3 Å². The second kappa shape index (κ2) is 5.33. The van der Waals surface area contributed by atoms with Gasteiger partial charge in [-0.15, -0.1) is 11.3 Å². The predicted molar refractivity (Wildman–Crippen MR) is 104 cm³/mol. The van der Waals surface area contributed by atoms with E-state index in [-0.39, 0.29) is 5.56 Å². The Labute approximate surface area is 155 Å². The molecule has 0 spiro atoms. The number of nitrogens with zero attached hydrogens (tertiary/aromatic N) is 3. The molecule has 0 amide bonds. The number of fused-ring (bicyclic) bond motifs is 4. The fraction of sp³-hybridized carbons (Fsp3) is 0. The van der Waals surface area contributed by atoms with E-state index >= 15 is 0 Å². The van der Waals surface area contributed by atoms with Crippen molar-refractivity contribution in [3.63, 3.8) is 0 Å². The highest BCUT2D eigenvalue weighted by atomic mass is 35.5. The largest absolute Gasteiger partial charge is 0.281 e. The van der Waals surface area contributed by atoms with E-state index in [0.29, 0.717) is 26.6 Å². The summed E-state index contributed by atoms with van der Waals surface area (Å²) in [6.07, 6.45) is 0. The van der Waals surface area contributed by atoms with Crippen LogP contribution in [0.4, 0.5) is 0 Å². The molecule has 0 aliphatic carbocycles. The van der Waals surface area contributed by atoms with Gasteiger partial charge in [0.05, 0.1) is 26.8 Å². The molecule has 0 bridgehead atoms. The van der Waals surface area contributed by atoms with Gasteiger partial charge in [-0.3, -0.25) is 4.79 Å². The van der Waals surface area contributed by atoms with Crippen LogP contribution in [0.5, 0.6) is 0 Å². The van der Waals surface area contributed by atoms with Crippen molar-refractivity contribution in [1.29, 1.82) is 0 Å². The Balaban J connectivity index is 2.02. The lowest BCUT2D eigenvalue weighted by molar-refractivity contribution is 0.794. The molecule has 0 unspecified atom stereocenters. The fourth-order valence-corrected chi connectivity index (χ4v) is 4.20. The Morgan fingerprint density at radius 2 is 1.72 bits per heavy atom. The summed E-state index contributed by atoms with van der Waals surface area (Å²) in [6, 6.07) is 14.5. The van der Waals surface area contributed by atoms with Crippen LogP contribution in [0.3, 0.4) is 0 Å². The van der Waals surface area contributed by atoms with Gasteiger partial charge in [-0.05, 0) is 53.9 Å². The molecule has 0 radical (unpaired) electrons. The van der Waals surface area contributed by atoms with Crippen LogP contribution in [0.2, 0.25) is 10.0 Å². The highest BCUT2D eigenvalue weighted by molar-refractivity contribution is 7.18. The summed E-state index contributed by atoms with van der Waals surface area (Å²) < 4.78 is 4.44. The minimum Gasteiger partial charge on any atom is -0.267 e. The van der Waals surface area contributed by atoms with Crippen molar-refractivity contribution < 1.29 is 0 Å². The van der Waals surface area contributed by atoms with Crippen molar-refractivity contribution in [2.24, 2.45) is 0 Å². The zero-order chi connectivity index (χ0) is 17.1. The number of thiophene rings is 1. The molecule has 4 nitrogen and oxygen atoms in total. The lowest BCUT2D eigenvalue weighted by atomic mass is 10.2. The summed E-state index contributed by atoms with van der Waals surface area (Å²) in [5.41, 5.74) is 2.87. The Kier molecular flexibility index (Phi) is 3.19. The van der Waals surface area contributed by atoms with E-state index < -0.39 is 0 Å². The second-order valence-electron chi connectivity index (χ2n) is 5.64. The minimum absolute atomic E-state index is 0.130. The average molecular weight is 386 g/mol. The van der Waals surface area contributed by atoms with Crippen LogP contribution in [0.25, 0.3) is 32.5 Å². The first-order chi connectivity index (χ1) is 12.1. The molecule has 0 aliphatic heterocycles. The van der Waals surface area contributed by atoms with E-state index in [9.17, 15) is 4.79 Å². The Hall–Kier alpha value is -2.34. The molecule has 2 aromatic carbocycles. The van der Waals surface area contributed by atoms with E-state index in [1.165, 1.54) is 0 Å². The maximum Gasteiger partial charge on any atom is 0.281 e. The molecule has 0 saturated heterocycles. The molecule has 5 rings (SSSR count). The van der Waals surface area contributed by atoms with Gasteiger partial charge in [-0.2, -0.15) is 4.52 Å². The zero-order valence-electron chi connectivity index (χ0n) is 12.6. The average Bonchev–Trinajstić information content (AvgIpc) is 3.17. The highest BCUT2D eigenvalue weighted by Crippen LogP contribution is 2.30. The van der Waals surface area contributed by atoms with E-state index in [2.05, 4.69) is 0 Å². The summed E-state index contributed by atoms with van der Waals surface area (Å²) in [5.74, 6) is 0. The Bertz CT molecular complexity index is 1330. The van der Waals surface area contributed by atoms with Crippen LogP contribution < -0.4 is 5.56 Å². The fourth-order valence-electron chi connectivity index (χ4n) is 3.06. The van der Waals surface area contributed by atoms with Crippen LogP contribution in [-0.4, -0.2) is 14.2 Å². The Morgan fingerprint density at radius 1 is 0.960 bits per heavy atom. The first kappa shape index (κ1) is 15.0. The molecule has 7 heteroatoms. The molecule has 0 aliphatic rings. The van der Waals surface area contributed by atoms with Crippen molar-refractivity contribution in [2.75, 3.05) is 0 Å². The SMILES string of the molecule is O=c1c2ccc(Cl)cc2nc2c3sccc3n(-c3ccc(Cl)cc3)n12. The van der Waals surface area contributed by atoms with Gasteiger partial charge in [-0.1, -0.05) is 23.2 Å². The molecule has 3 heterocycles. The van der Waals surface area contributed by atoms with Gasteiger partial charge in [0.1, 0.15) is 0 Å². The number of benzene rings is 2. The first-order valence-electron chi connectivity index (χ1n) is 7.49. The highest BCUT2D eigenvalue weighted by Gasteiger charge is 2.18. The zero-order valence-corrected chi connectivity index (χ0v) is 14.9. The summed E-state index contributed by atoms with van der Waals surface area (Å²) >= 11 is 13.6. The van der Waals surface area contributed by atoms with Gasteiger partial charge in [0.2, 0.25) is 0 Å². The van der Waals surface area contributed by atoms with Gasteiger partial charge >= 0.3 is 0 Å². The van der Waals surface area contributed by atoms with Crippen LogP contribution in [0.15, 0.2) is 58.7 Å². The Morgan fingerprint density at radius 3 is 2.52 bits per heavy atom. The third-order valence-electron chi connectivity index (χ3n) is 4.16. The quantitative estimate of drug-likeness (QED) is 0.399. The molecular formula is C18H9Cl2N3OS. The van der Waals surface area contributed by atoms with Crippen molar-refractivity contribution in [3.8, 4) is 5.69 Å². The number of aromatic nitrogens is 3. The van der Waals surface area contributed by atoms with Gasteiger partial charge in [-0.25, -0.2) is 9.67 Å². The van der Waals surface area contributed by atoms with Crippen molar-refractivity contribution in [1.82, 2.24) is 14.2 Å². The van der Waals surface area contributed by atoms with Crippen LogP contribution in [0.1, 0.15) is 0 Å². The second-order valence-corrected chi connectivity index (χ2v) is 7.43. The molecule has 0 saturated carbocycles. The molecule has 3 aromatic heterocycles. The molecule has 0 fully saturated rings. The third kappa shape index (κ3) is 2.13. The number of hydrogen-bond acceptors (Lipinski definition) is 3. The van der Waals surface area contributed by atoms with Crippen LogP contribution in [0, 0.1) is 0 Å². The lowest BCUT2D eigenvalue weighted by Crippen LogP contribution is -2.20. The predicted octanol–water partition coefficient (Wildman–Crippen LogP) is 5.16. The maximum absolute atomic E-state index is 13.2. The van der Waals surface area contributed by atoms with Crippen LogP contribution >= 0.6 is 34.5 Å². The minimum atomic E-state index is -0.130.